The van der Waals surface area contributed by atoms with Gasteiger partial charge in [-0.05, 0) is 98.8 Å². The van der Waals surface area contributed by atoms with Crippen molar-refractivity contribution in [1.82, 2.24) is 0 Å². The topological polar surface area (TPSA) is 33.0 Å². The van der Waals surface area contributed by atoms with Gasteiger partial charge >= 0.3 is 6.36 Å². The van der Waals surface area contributed by atoms with E-state index in [4.69, 9.17) is 5.26 Å². The summed E-state index contributed by atoms with van der Waals surface area (Å²) in [7, 11) is 0. The van der Waals surface area contributed by atoms with Crippen LogP contribution in [0.2, 0.25) is 0 Å². The molecule has 0 bridgehead atoms. The Bertz CT molecular complexity index is 704. The Morgan fingerprint density at radius 1 is 0.929 bits per heavy atom. The molecule has 2 saturated carbocycles. The van der Waals surface area contributed by atoms with Crippen LogP contribution in [-0.4, -0.2) is 6.36 Å². The lowest BCUT2D eigenvalue weighted by atomic mass is 9.68. The third-order valence-electron chi connectivity index (χ3n) is 6.33. The van der Waals surface area contributed by atoms with Crippen molar-refractivity contribution in [2.24, 2.45) is 17.8 Å². The third kappa shape index (κ3) is 5.73. The summed E-state index contributed by atoms with van der Waals surface area (Å²) in [5, 5.41) is 8.55. The van der Waals surface area contributed by atoms with Crippen molar-refractivity contribution in [2.75, 3.05) is 0 Å². The van der Waals surface area contributed by atoms with E-state index < -0.39 is 12.2 Å². The Labute approximate surface area is 163 Å². The number of alkyl halides is 3. The average Bonchev–Trinajstić information content (AvgIpc) is 2.68. The molecule has 0 spiro atoms. The molecule has 2 fully saturated rings. The van der Waals surface area contributed by atoms with E-state index in [0.29, 0.717) is 17.8 Å². The van der Waals surface area contributed by atoms with Gasteiger partial charge in [0.2, 0.25) is 0 Å². The summed E-state index contributed by atoms with van der Waals surface area (Å²) >= 11 is 0. The lowest BCUT2D eigenvalue weighted by Crippen LogP contribution is -2.25. The summed E-state index contributed by atoms with van der Waals surface area (Å²) in [6.45, 7) is 0. The van der Waals surface area contributed by atoms with Gasteiger partial charge in [-0.2, -0.15) is 9.65 Å². The standard InChI is InChI=1S/C22H25F4NO/c23-20(14-27)13-15-1-3-16(4-2-15)17-5-7-18(8-6-17)19-9-11-21(12-10-19)28-22(24,25)26/h9-13,15-18H,1-8H2/b20-13-. The van der Waals surface area contributed by atoms with Crippen LogP contribution in [0.4, 0.5) is 17.6 Å². The smallest absolute Gasteiger partial charge is 0.406 e. The first kappa shape index (κ1) is 20.7. The van der Waals surface area contributed by atoms with Gasteiger partial charge in [0.1, 0.15) is 11.8 Å². The van der Waals surface area contributed by atoms with Crippen molar-refractivity contribution in [3.8, 4) is 11.8 Å². The maximum absolute atomic E-state index is 13.1. The summed E-state index contributed by atoms with van der Waals surface area (Å²) in [6.07, 6.45) is 5.22. The van der Waals surface area contributed by atoms with Gasteiger partial charge in [-0.1, -0.05) is 12.1 Å². The van der Waals surface area contributed by atoms with Gasteiger partial charge in [0.25, 0.3) is 0 Å². The number of hydrogen-bond acceptors (Lipinski definition) is 2. The number of halogens is 4. The molecule has 2 nitrogen and oxygen atoms in total. The largest absolute Gasteiger partial charge is 0.573 e. The van der Waals surface area contributed by atoms with Crippen molar-refractivity contribution in [3.05, 3.63) is 41.7 Å². The molecule has 152 valence electrons. The normalized spacial score (nSPS) is 29.2. The first-order valence-electron chi connectivity index (χ1n) is 9.97. The molecule has 0 aliphatic heterocycles. The van der Waals surface area contributed by atoms with Gasteiger partial charge in [0, 0.05) is 0 Å². The summed E-state index contributed by atoms with van der Waals surface area (Å²) < 4.78 is 53.8. The van der Waals surface area contributed by atoms with E-state index >= 15 is 0 Å². The van der Waals surface area contributed by atoms with E-state index in [1.165, 1.54) is 18.2 Å². The third-order valence-corrected chi connectivity index (χ3v) is 6.33. The van der Waals surface area contributed by atoms with E-state index in [2.05, 4.69) is 4.74 Å². The minimum Gasteiger partial charge on any atom is -0.406 e. The Hall–Kier alpha value is -2.03. The average molecular weight is 395 g/mol. The van der Waals surface area contributed by atoms with E-state index in [1.54, 1.807) is 18.2 Å². The molecule has 3 rings (SSSR count). The molecule has 1 aromatic rings. The van der Waals surface area contributed by atoms with Crippen LogP contribution < -0.4 is 4.74 Å². The molecule has 2 aliphatic rings. The van der Waals surface area contributed by atoms with Crippen LogP contribution in [0, 0.1) is 29.1 Å². The number of ether oxygens (including phenoxy) is 1. The molecular formula is C22H25F4NO. The molecule has 0 N–H and O–H groups in total. The summed E-state index contributed by atoms with van der Waals surface area (Å²) in [5.74, 6) is 1.07. The van der Waals surface area contributed by atoms with Gasteiger partial charge in [-0.15, -0.1) is 13.2 Å². The molecule has 28 heavy (non-hydrogen) atoms. The molecule has 6 heteroatoms. The molecule has 1 aromatic carbocycles. The number of nitrogens with zero attached hydrogens (tertiary/aromatic N) is 1. The highest BCUT2D eigenvalue weighted by Gasteiger charge is 2.32. The summed E-state index contributed by atoms with van der Waals surface area (Å²) in [5.41, 5.74) is 1.08. The fourth-order valence-electron chi connectivity index (χ4n) is 4.89. The first-order valence-corrected chi connectivity index (χ1v) is 9.97. The SMILES string of the molecule is N#C/C(F)=C/C1CCC(C2CCC(c3ccc(OC(F)(F)F)cc3)CC2)CC1. The van der Waals surface area contributed by atoms with Gasteiger partial charge in [0.15, 0.2) is 5.83 Å². The highest BCUT2D eigenvalue weighted by atomic mass is 19.4. The van der Waals surface area contributed by atoms with E-state index in [0.717, 1.165) is 56.9 Å². The van der Waals surface area contributed by atoms with E-state index in [-0.39, 0.29) is 11.7 Å². The van der Waals surface area contributed by atoms with Crippen LogP contribution >= 0.6 is 0 Å². The second-order valence-corrected chi connectivity index (χ2v) is 8.03. The Kier molecular flexibility index (Phi) is 6.64. The monoisotopic (exact) mass is 395 g/mol. The molecule has 0 radical (unpaired) electrons. The molecule has 0 unspecified atom stereocenters. The van der Waals surface area contributed by atoms with E-state index in [9.17, 15) is 17.6 Å². The van der Waals surface area contributed by atoms with Crippen molar-refractivity contribution < 1.29 is 22.3 Å². The van der Waals surface area contributed by atoms with Crippen LogP contribution in [0.15, 0.2) is 36.2 Å². The highest BCUT2D eigenvalue weighted by Crippen LogP contribution is 2.44. The van der Waals surface area contributed by atoms with Gasteiger partial charge in [-0.25, -0.2) is 0 Å². The van der Waals surface area contributed by atoms with Gasteiger partial charge < -0.3 is 4.74 Å². The molecule has 0 aromatic heterocycles. The Morgan fingerprint density at radius 2 is 1.46 bits per heavy atom. The maximum Gasteiger partial charge on any atom is 0.573 e. The molecule has 0 amide bonds. The lowest BCUT2D eigenvalue weighted by Gasteiger charge is -2.37. The zero-order valence-corrected chi connectivity index (χ0v) is 15.7. The van der Waals surface area contributed by atoms with Crippen LogP contribution in [0.25, 0.3) is 0 Å². The number of rotatable bonds is 4. The lowest BCUT2D eigenvalue weighted by molar-refractivity contribution is -0.274. The van der Waals surface area contributed by atoms with Crippen LogP contribution in [0.1, 0.15) is 62.8 Å². The van der Waals surface area contributed by atoms with Crippen molar-refractivity contribution >= 4 is 0 Å². The zero-order valence-electron chi connectivity index (χ0n) is 15.7. The predicted octanol–water partition coefficient (Wildman–Crippen LogP) is 7.04. The van der Waals surface area contributed by atoms with Gasteiger partial charge in [-0.3, -0.25) is 0 Å². The fraction of sp³-hybridized carbons (Fsp3) is 0.591. The predicted molar refractivity (Wildman–Crippen MR) is 98.1 cm³/mol. The zero-order chi connectivity index (χ0) is 20.1. The van der Waals surface area contributed by atoms with Crippen molar-refractivity contribution in [3.63, 3.8) is 0 Å². The summed E-state index contributed by atoms with van der Waals surface area (Å²) in [4.78, 5) is 0. The van der Waals surface area contributed by atoms with Crippen LogP contribution in [0.5, 0.6) is 5.75 Å². The van der Waals surface area contributed by atoms with Crippen molar-refractivity contribution in [2.45, 2.75) is 63.6 Å². The second kappa shape index (κ2) is 8.98. The molecule has 2 aliphatic carbocycles. The van der Waals surface area contributed by atoms with Crippen LogP contribution in [-0.2, 0) is 0 Å². The molecular weight excluding hydrogens is 370 g/mol. The quantitative estimate of drug-likeness (QED) is 0.404. The molecule has 0 atom stereocenters. The number of nitriles is 1. The Balaban J connectivity index is 1.47. The van der Waals surface area contributed by atoms with Crippen LogP contribution in [0.3, 0.4) is 0 Å². The Morgan fingerprint density at radius 3 is 1.96 bits per heavy atom. The minimum absolute atomic E-state index is 0.177. The molecule has 0 heterocycles. The number of allylic oxidation sites excluding steroid dienone is 2. The highest BCUT2D eigenvalue weighted by molar-refractivity contribution is 5.30. The fourth-order valence-corrected chi connectivity index (χ4v) is 4.89. The first-order chi connectivity index (χ1) is 13.3. The minimum atomic E-state index is -4.66. The number of hydrogen-bond donors (Lipinski definition) is 0. The van der Waals surface area contributed by atoms with Gasteiger partial charge in [0.05, 0.1) is 0 Å². The molecule has 0 saturated heterocycles. The number of benzene rings is 1. The van der Waals surface area contributed by atoms with Crippen molar-refractivity contribution in [1.29, 1.82) is 5.26 Å². The summed E-state index contributed by atoms with van der Waals surface area (Å²) in [6, 6.07) is 7.83. The second-order valence-electron chi connectivity index (χ2n) is 8.03. The maximum atomic E-state index is 13.1. The van der Waals surface area contributed by atoms with E-state index in [1.807, 2.05) is 0 Å².